The highest BCUT2D eigenvalue weighted by Gasteiger charge is 2.27. The molecule has 1 atom stereocenters. The SMILES string of the molecule is CCN(CC)CCS(=O)(=O)CC(Cc1ccccc1)C(=O)OCc1ccccc1. The molecule has 0 aromatic heterocycles. The van der Waals surface area contributed by atoms with Crippen molar-refractivity contribution in [3.05, 3.63) is 71.8 Å². The van der Waals surface area contributed by atoms with Gasteiger partial charge in [0.15, 0.2) is 9.84 Å². The Morgan fingerprint density at radius 2 is 1.48 bits per heavy atom. The summed E-state index contributed by atoms with van der Waals surface area (Å²) in [6.45, 7) is 6.25. The summed E-state index contributed by atoms with van der Waals surface area (Å²) >= 11 is 0. The van der Waals surface area contributed by atoms with Crippen molar-refractivity contribution in [1.29, 1.82) is 0 Å². The first-order valence-corrected chi connectivity index (χ1v) is 11.9. The Morgan fingerprint density at radius 1 is 0.931 bits per heavy atom. The molecule has 158 valence electrons. The van der Waals surface area contributed by atoms with Crippen LogP contribution in [0.25, 0.3) is 0 Å². The molecule has 0 heterocycles. The summed E-state index contributed by atoms with van der Waals surface area (Å²) in [7, 11) is -3.39. The molecule has 0 radical (unpaired) electrons. The zero-order valence-electron chi connectivity index (χ0n) is 17.3. The van der Waals surface area contributed by atoms with Crippen molar-refractivity contribution >= 4 is 15.8 Å². The van der Waals surface area contributed by atoms with Gasteiger partial charge in [0.05, 0.1) is 17.4 Å². The van der Waals surface area contributed by atoms with Crippen LogP contribution in [0.3, 0.4) is 0 Å². The summed E-state index contributed by atoms with van der Waals surface area (Å²) in [5.41, 5.74) is 1.80. The van der Waals surface area contributed by atoms with E-state index in [9.17, 15) is 13.2 Å². The second-order valence-corrected chi connectivity index (χ2v) is 9.35. The molecule has 6 heteroatoms. The molecular formula is C23H31NO4S. The summed E-state index contributed by atoms with van der Waals surface area (Å²) < 4.78 is 30.9. The smallest absolute Gasteiger partial charge is 0.310 e. The van der Waals surface area contributed by atoms with Crippen molar-refractivity contribution in [1.82, 2.24) is 4.90 Å². The molecule has 0 N–H and O–H groups in total. The standard InChI is InChI=1S/C23H31NO4S/c1-3-24(4-2)15-16-29(26,27)19-22(17-20-11-7-5-8-12-20)23(25)28-18-21-13-9-6-10-14-21/h5-14,22H,3-4,15-19H2,1-2H3. The van der Waals surface area contributed by atoms with Gasteiger partial charge in [-0.05, 0) is 30.6 Å². The highest BCUT2D eigenvalue weighted by Crippen LogP contribution is 2.15. The minimum absolute atomic E-state index is 0.0476. The number of hydrogen-bond acceptors (Lipinski definition) is 5. The molecule has 0 spiro atoms. The van der Waals surface area contributed by atoms with E-state index in [0.29, 0.717) is 13.0 Å². The zero-order chi connectivity index (χ0) is 21.1. The molecular weight excluding hydrogens is 386 g/mol. The van der Waals surface area contributed by atoms with Gasteiger partial charge in [0.1, 0.15) is 6.61 Å². The monoisotopic (exact) mass is 417 g/mol. The fourth-order valence-electron chi connectivity index (χ4n) is 3.15. The van der Waals surface area contributed by atoms with Gasteiger partial charge in [-0.1, -0.05) is 74.5 Å². The summed E-state index contributed by atoms with van der Waals surface area (Å²) in [4.78, 5) is 14.8. The summed E-state index contributed by atoms with van der Waals surface area (Å²) in [5.74, 6) is -1.34. The molecule has 0 saturated carbocycles. The maximum atomic E-state index is 12.8. The summed E-state index contributed by atoms with van der Waals surface area (Å²) in [5, 5.41) is 0. The number of rotatable bonds is 12. The van der Waals surface area contributed by atoms with E-state index in [4.69, 9.17) is 4.74 Å². The van der Waals surface area contributed by atoms with Crippen LogP contribution in [0.5, 0.6) is 0 Å². The van der Waals surface area contributed by atoms with E-state index in [1.54, 1.807) is 0 Å². The number of carbonyl (C=O) groups is 1. The predicted octanol–water partition coefficient (Wildman–Crippen LogP) is 3.35. The van der Waals surface area contributed by atoms with Gasteiger partial charge in [-0.3, -0.25) is 4.79 Å². The van der Waals surface area contributed by atoms with Gasteiger partial charge in [-0.25, -0.2) is 8.42 Å². The van der Waals surface area contributed by atoms with Gasteiger partial charge < -0.3 is 9.64 Å². The predicted molar refractivity (Wildman–Crippen MR) is 116 cm³/mol. The van der Waals surface area contributed by atoms with Crippen molar-refractivity contribution in [2.75, 3.05) is 31.1 Å². The Labute approximate surface area is 174 Å². The third-order valence-corrected chi connectivity index (χ3v) is 6.67. The highest BCUT2D eigenvalue weighted by atomic mass is 32.2. The number of hydrogen-bond donors (Lipinski definition) is 0. The number of nitrogens with zero attached hydrogens (tertiary/aromatic N) is 1. The number of carbonyl (C=O) groups excluding carboxylic acids is 1. The molecule has 0 aliphatic carbocycles. The molecule has 0 fully saturated rings. The molecule has 0 saturated heterocycles. The lowest BCUT2D eigenvalue weighted by Gasteiger charge is -2.20. The minimum atomic E-state index is -3.39. The van der Waals surface area contributed by atoms with Crippen molar-refractivity contribution in [3.63, 3.8) is 0 Å². The van der Waals surface area contributed by atoms with Crippen molar-refractivity contribution < 1.29 is 17.9 Å². The lowest BCUT2D eigenvalue weighted by molar-refractivity contribution is -0.149. The Bertz CT molecular complexity index is 834. The molecule has 0 aliphatic heterocycles. The van der Waals surface area contributed by atoms with Gasteiger partial charge in [0.25, 0.3) is 0 Å². The quantitative estimate of drug-likeness (QED) is 0.496. The first kappa shape index (κ1) is 23.1. The van der Waals surface area contributed by atoms with E-state index < -0.39 is 21.7 Å². The van der Waals surface area contributed by atoms with Crippen molar-refractivity contribution in [3.8, 4) is 0 Å². The van der Waals surface area contributed by atoms with Crippen LogP contribution in [-0.2, 0) is 32.4 Å². The van der Waals surface area contributed by atoms with Gasteiger partial charge >= 0.3 is 5.97 Å². The fourth-order valence-corrected chi connectivity index (χ4v) is 4.72. The second kappa shape index (κ2) is 11.7. The maximum absolute atomic E-state index is 12.8. The Balaban J connectivity index is 2.06. The van der Waals surface area contributed by atoms with E-state index in [2.05, 4.69) is 4.90 Å². The van der Waals surface area contributed by atoms with Gasteiger partial charge in [0.2, 0.25) is 0 Å². The van der Waals surface area contributed by atoms with E-state index in [0.717, 1.165) is 24.2 Å². The van der Waals surface area contributed by atoms with E-state index in [-0.39, 0.29) is 18.1 Å². The molecule has 0 amide bonds. The van der Waals surface area contributed by atoms with Gasteiger partial charge in [0, 0.05) is 6.54 Å². The van der Waals surface area contributed by atoms with Crippen LogP contribution in [0.2, 0.25) is 0 Å². The van der Waals surface area contributed by atoms with Crippen molar-refractivity contribution in [2.45, 2.75) is 26.9 Å². The lowest BCUT2D eigenvalue weighted by atomic mass is 10.0. The second-order valence-electron chi connectivity index (χ2n) is 7.12. The molecule has 2 aromatic rings. The third kappa shape index (κ3) is 8.38. The average molecular weight is 418 g/mol. The highest BCUT2D eigenvalue weighted by molar-refractivity contribution is 7.91. The maximum Gasteiger partial charge on any atom is 0.310 e. The molecule has 2 rings (SSSR count). The Morgan fingerprint density at radius 3 is 2.03 bits per heavy atom. The summed E-state index contributed by atoms with van der Waals surface area (Å²) in [6, 6.07) is 18.9. The van der Waals surface area contributed by atoms with Crippen LogP contribution in [0.4, 0.5) is 0 Å². The molecule has 5 nitrogen and oxygen atoms in total. The lowest BCUT2D eigenvalue weighted by Crippen LogP contribution is -2.33. The summed E-state index contributed by atoms with van der Waals surface area (Å²) in [6.07, 6.45) is 0.346. The Kier molecular flexibility index (Phi) is 9.35. The van der Waals surface area contributed by atoms with Crippen LogP contribution in [-0.4, -0.2) is 50.4 Å². The normalized spacial score (nSPS) is 12.7. The topological polar surface area (TPSA) is 63.7 Å². The molecule has 29 heavy (non-hydrogen) atoms. The number of benzene rings is 2. The first-order valence-electron chi connectivity index (χ1n) is 10.1. The van der Waals surface area contributed by atoms with Crippen LogP contribution in [0.15, 0.2) is 60.7 Å². The largest absolute Gasteiger partial charge is 0.461 e. The Hall–Kier alpha value is -2.18. The van der Waals surface area contributed by atoms with E-state index >= 15 is 0 Å². The number of ether oxygens (including phenoxy) is 1. The third-order valence-electron chi connectivity index (χ3n) is 4.95. The first-order chi connectivity index (χ1) is 13.9. The van der Waals surface area contributed by atoms with Crippen LogP contribution in [0.1, 0.15) is 25.0 Å². The molecule has 1 unspecified atom stereocenters. The van der Waals surface area contributed by atoms with Crippen molar-refractivity contribution in [2.24, 2.45) is 5.92 Å². The van der Waals surface area contributed by atoms with Gasteiger partial charge in [-0.2, -0.15) is 0 Å². The van der Waals surface area contributed by atoms with Gasteiger partial charge in [-0.15, -0.1) is 0 Å². The van der Waals surface area contributed by atoms with E-state index in [1.165, 1.54) is 0 Å². The zero-order valence-corrected chi connectivity index (χ0v) is 18.1. The number of esters is 1. The fraction of sp³-hybridized carbons (Fsp3) is 0.435. The molecule has 0 aliphatic rings. The molecule has 0 bridgehead atoms. The molecule has 2 aromatic carbocycles. The van der Waals surface area contributed by atoms with E-state index in [1.807, 2.05) is 74.5 Å². The average Bonchev–Trinajstić information content (AvgIpc) is 2.73. The minimum Gasteiger partial charge on any atom is -0.461 e. The van der Waals surface area contributed by atoms with Crippen LogP contribution >= 0.6 is 0 Å². The van der Waals surface area contributed by atoms with Crippen LogP contribution < -0.4 is 0 Å². The number of sulfone groups is 1. The van der Waals surface area contributed by atoms with Crippen LogP contribution in [0, 0.1) is 5.92 Å².